The van der Waals surface area contributed by atoms with Crippen LogP contribution in [0.15, 0.2) is 18.5 Å². The number of hydrogen-bond donors (Lipinski definition) is 1. The Morgan fingerprint density at radius 3 is 2.64 bits per heavy atom. The molecule has 0 aromatic carbocycles. The summed E-state index contributed by atoms with van der Waals surface area (Å²) in [5.41, 5.74) is 0.614. The van der Waals surface area contributed by atoms with E-state index in [1.807, 2.05) is 0 Å². The van der Waals surface area contributed by atoms with Gasteiger partial charge in [0.2, 0.25) is 0 Å². The highest BCUT2D eigenvalue weighted by atomic mass is 32.2. The quantitative estimate of drug-likeness (QED) is 0.732. The molecule has 0 radical (unpaired) electrons. The molecular weight excluding hydrogens is 342 g/mol. The standard InChI is InChI=1S/C17H25N3O4S/c1-3-4-5-7-19-16(21)13-9-14(11-18-10-13)17(22)20(2)15-6-8-25(23,24)12-15/h9-11,15H,3-8,12H2,1-2H3,(H,19,21). The molecule has 0 saturated carbocycles. The first kappa shape index (κ1) is 19.4. The molecule has 1 fully saturated rings. The molecule has 1 aromatic heterocycles. The van der Waals surface area contributed by atoms with Crippen molar-refractivity contribution in [2.75, 3.05) is 25.1 Å². The van der Waals surface area contributed by atoms with Crippen molar-refractivity contribution in [2.45, 2.75) is 38.6 Å². The molecule has 1 unspecified atom stereocenters. The van der Waals surface area contributed by atoms with E-state index in [0.29, 0.717) is 18.5 Å². The normalized spacial score (nSPS) is 18.7. The minimum absolute atomic E-state index is 0.0136. The molecule has 0 bridgehead atoms. The predicted molar refractivity (Wildman–Crippen MR) is 95.2 cm³/mol. The number of sulfone groups is 1. The molecule has 8 heteroatoms. The first-order valence-corrected chi connectivity index (χ1v) is 10.4. The van der Waals surface area contributed by atoms with Crippen molar-refractivity contribution in [1.29, 1.82) is 0 Å². The van der Waals surface area contributed by atoms with E-state index >= 15 is 0 Å². The summed E-state index contributed by atoms with van der Waals surface area (Å²) in [5.74, 6) is -0.492. The van der Waals surface area contributed by atoms with Gasteiger partial charge in [0.05, 0.1) is 22.6 Å². The maximum Gasteiger partial charge on any atom is 0.255 e. The predicted octanol–water partition coefficient (Wildman–Crippen LogP) is 1.26. The van der Waals surface area contributed by atoms with E-state index < -0.39 is 9.84 Å². The molecule has 1 aromatic rings. The van der Waals surface area contributed by atoms with Gasteiger partial charge in [-0.3, -0.25) is 14.6 Å². The van der Waals surface area contributed by atoms with E-state index in [1.165, 1.54) is 23.4 Å². The third-order valence-electron chi connectivity index (χ3n) is 4.39. The van der Waals surface area contributed by atoms with Crippen LogP contribution in [0.4, 0.5) is 0 Å². The van der Waals surface area contributed by atoms with Crippen molar-refractivity contribution >= 4 is 21.7 Å². The second-order valence-electron chi connectivity index (χ2n) is 6.40. The van der Waals surface area contributed by atoms with Crippen molar-refractivity contribution in [3.63, 3.8) is 0 Å². The van der Waals surface area contributed by atoms with Gasteiger partial charge in [-0.1, -0.05) is 19.8 Å². The summed E-state index contributed by atoms with van der Waals surface area (Å²) in [6, 6.07) is 1.17. The van der Waals surface area contributed by atoms with Gasteiger partial charge in [0.15, 0.2) is 9.84 Å². The summed E-state index contributed by atoms with van der Waals surface area (Å²) in [4.78, 5) is 30.1. The van der Waals surface area contributed by atoms with Crippen LogP contribution < -0.4 is 5.32 Å². The number of nitrogens with zero attached hydrogens (tertiary/aromatic N) is 2. The van der Waals surface area contributed by atoms with Crippen LogP contribution in [0.25, 0.3) is 0 Å². The van der Waals surface area contributed by atoms with Crippen molar-refractivity contribution in [1.82, 2.24) is 15.2 Å². The van der Waals surface area contributed by atoms with Crippen molar-refractivity contribution in [3.8, 4) is 0 Å². The number of amides is 2. The van der Waals surface area contributed by atoms with E-state index in [4.69, 9.17) is 0 Å². The Morgan fingerprint density at radius 2 is 2.00 bits per heavy atom. The summed E-state index contributed by atoms with van der Waals surface area (Å²) in [5, 5.41) is 2.81. The summed E-state index contributed by atoms with van der Waals surface area (Å²) < 4.78 is 23.2. The fourth-order valence-electron chi connectivity index (χ4n) is 2.81. The Balaban J connectivity index is 2.02. The largest absolute Gasteiger partial charge is 0.352 e. The van der Waals surface area contributed by atoms with Gasteiger partial charge in [-0.15, -0.1) is 0 Å². The Bertz CT molecular complexity index is 733. The van der Waals surface area contributed by atoms with Gasteiger partial charge in [0.1, 0.15) is 0 Å². The first-order chi connectivity index (χ1) is 11.8. The van der Waals surface area contributed by atoms with Gasteiger partial charge in [0, 0.05) is 32.0 Å². The number of aromatic nitrogens is 1. The number of rotatable bonds is 7. The van der Waals surface area contributed by atoms with Crippen LogP contribution in [0.2, 0.25) is 0 Å². The second kappa shape index (κ2) is 8.42. The van der Waals surface area contributed by atoms with Crippen molar-refractivity contribution in [3.05, 3.63) is 29.6 Å². The van der Waals surface area contributed by atoms with Gasteiger partial charge in [-0.25, -0.2) is 8.42 Å². The number of hydrogen-bond acceptors (Lipinski definition) is 5. The molecular formula is C17H25N3O4S. The zero-order chi connectivity index (χ0) is 18.4. The molecule has 2 amide bonds. The number of nitrogens with one attached hydrogen (secondary N) is 1. The van der Waals surface area contributed by atoms with Gasteiger partial charge in [0.25, 0.3) is 11.8 Å². The topological polar surface area (TPSA) is 96.4 Å². The highest BCUT2D eigenvalue weighted by molar-refractivity contribution is 7.91. The van der Waals surface area contributed by atoms with Crippen LogP contribution in [0.1, 0.15) is 53.3 Å². The fourth-order valence-corrected chi connectivity index (χ4v) is 4.58. The van der Waals surface area contributed by atoms with Gasteiger partial charge in [-0.2, -0.15) is 0 Å². The lowest BCUT2D eigenvalue weighted by Gasteiger charge is -2.23. The molecule has 7 nitrogen and oxygen atoms in total. The summed E-state index contributed by atoms with van der Waals surface area (Å²) in [7, 11) is -1.48. The summed E-state index contributed by atoms with van der Waals surface area (Å²) >= 11 is 0. The fraction of sp³-hybridized carbons (Fsp3) is 0.588. The number of pyridine rings is 1. The van der Waals surface area contributed by atoms with Crippen LogP contribution in [-0.2, 0) is 9.84 Å². The Labute approximate surface area is 148 Å². The zero-order valence-electron chi connectivity index (χ0n) is 14.7. The summed E-state index contributed by atoms with van der Waals surface area (Å²) in [6.45, 7) is 2.68. The Morgan fingerprint density at radius 1 is 1.28 bits per heavy atom. The highest BCUT2D eigenvalue weighted by Gasteiger charge is 2.33. The van der Waals surface area contributed by atoms with Crippen LogP contribution >= 0.6 is 0 Å². The average Bonchev–Trinajstić information content (AvgIpc) is 2.97. The molecule has 25 heavy (non-hydrogen) atoms. The molecule has 1 aliphatic heterocycles. The molecule has 1 saturated heterocycles. The van der Waals surface area contributed by atoms with Crippen molar-refractivity contribution in [2.24, 2.45) is 0 Å². The zero-order valence-corrected chi connectivity index (χ0v) is 15.5. The molecule has 2 heterocycles. The molecule has 1 aliphatic rings. The van der Waals surface area contributed by atoms with E-state index in [9.17, 15) is 18.0 Å². The monoisotopic (exact) mass is 367 g/mol. The number of carbonyl (C=O) groups is 2. The molecule has 138 valence electrons. The number of unbranched alkanes of at least 4 members (excludes halogenated alkanes) is 2. The molecule has 2 rings (SSSR count). The third-order valence-corrected chi connectivity index (χ3v) is 6.14. The smallest absolute Gasteiger partial charge is 0.255 e. The Hall–Kier alpha value is -1.96. The lowest BCUT2D eigenvalue weighted by atomic mass is 10.1. The van der Waals surface area contributed by atoms with E-state index in [1.54, 1.807) is 7.05 Å². The average molecular weight is 367 g/mol. The Kier molecular flexibility index (Phi) is 6.52. The van der Waals surface area contributed by atoms with E-state index in [2.05, 4.69) is 17.2 Å². The maximum atomic E-state index is 12.6. The van der Waals surface area contributed by atoms with Crippen LogP contribution in [0.5, 0.6) is 0 Å². The SMILES string of the molecule is CCCCCNC(=O)c1cncc(C(=O)N(C)C2CCS(=O)(=O)C2)c1. The van der Waals surface area contributed by atoms with Crippen LogP contribution in [0.3, 0.4) is 0 Å². The van der Waals surface area contributed by atoms with Crippen LogP contribution in [0, 0.1) is 0 Å². The molecule has 0 aliphatic carbocycles. The van der Waals surface area contributed by atoms with Crippen LogP contribution in [-0.4, -0.2) is 61.3 Å². The third kappa shape index (κ3) is 5.26. The number of carbonyl (C=O) groups excluding carboxylic acids is 2. The molecule has 1 N–H and O–H groups in total. The maximum absolute atomic E-state index is 12.6. The van der Waals surface area contributed by atoms with Crippen molar-refractivity contribution < 1.29 is 18.0 Å². The van der Waals surface area contributed by atoms with Gasteiger partial charge < -0.3 is 10.2 Å². The summed E-state index contributed by atoms with van der Waals surface area (Å²) in [6.07, 6.45) is 6.29. The van der Waals surface area contributed by atoms with Gasteiger partial charge in [-0.05, 0) is 18.9 Å². The second-order valence-corrected chi connectivity index (χ2v) is 8.63. The molecule has 0 spiro atoms. The first-order valence-electron chi connectivity index (χ1n) is 8.55. The minimum atomic E-state index is -3.07. The minimum Gasteiger partial charge on any atom is -0.352 e. The molecule has 1 atom stereocenters. The lowest BCUT2D eigenvalue weighted by Crippen LogP contribution is -2.38. The van der Waals surface area contributed by atoms with E-state index in [-0.39, 0.29) is 34.9 Å². The van der Waals surface area contributed by atoms with Gasteiger partial charge >= 0.3 is 0 Å². The lowest BCUT2D eigenvalue weighted by molar-refractivity contribution is 0.0747. The highest BCUT2D eigenvalue weighted by Crippen LogP contribution is 2.18. The van der Waals surface area contributed by atoms with E-state index in [0.717, 1.165) is 19.3 Å².